The van der Waals surface area contributed by atoms with E-state index in [2.05, 4.69) is 77.3 Å². The SMILES string of the molecule is CN1CCC(OC2c3ccccc3CCn3cc(CCCc4ccccc4)nc32)CC1.O=C(O)C(=O)O. The van der Waals surface area contributed by atoms with Gasteiger partial charge in [0, 0.05) is 25.8 Å². The summed E-state index contributed by atoms with van der Waals surface area (Å²) in [4.78, 5) is 25.7. The third-order valence-corrected chi connectivity index (χ3v) is 6.97. The van der Waals surface area contributed by atoms with Gasteiger partial charge in [0.15, 0.2) is 0 Å². The normalized spacial score (nSPS) is 17.6. The highest BCUT2D eigenvalue weighted by atomic mass is 16.5. The molecule has 8 nitrogen and oxygen atoms in total. The number of aromatic nitrogens is 2. The van der Waals surface area contributed by atoms with Gasteiger partial charge in [0.1, 0.15) is 11.9 Å². The summed E-state index contributed by atoms with van der Waals surface area (Å²) in [5, 5.41) is 14.8. The first-order valence-corrected chi connectivity index (χ1v) is 12.9. The van der Waals surface area contributed by atoms with Crippen LogP contribution in [0.15, 0.2) is 60.8 Å². The number of fused-ring (bicyclic) bond motifs is 2. The number of hydrogen-bond acceptors (Lipinski definition) is 5. The van der Waals surface area contributed by atoms with Crippen LogP contribution in [0.2, 0.25) is 0 Å². The largest absolute Gasteiger partial charge is 0.473 e. The molecule has 8 heteroatoms. The van der Waals surface area contributed by atoms with E-state index >= 15 is 0 Å². The van der Waals surface area contributed by atoms with Gasteiger partial charge in [-0.15, -0.1) is 0 Å². The smallest absolute Gasteiger partial charge is 0.414 e. The van der Waals surface area contributed by atoms with Crippen LogP contribution in [0, 0.1) is 0 Å². The fraction of sp³-hybridized carbons (Fsp3) is 0.414. The van der Waals surface area contributed by atoms with Crippen molar-refractivity contribution in [3.05, 3.63) is 89.0 Å². The van der Waals surface area contributed by atoms with Crippen LogP contribution in [-0.4, -0.2) is 62.8 Å². The van der Waals surface area contributed by atoms with Crippen LogP contribution < -0.4 is 0 Å². The van der Waals surface area contributed by atoms with Crippen molar-refractivity contribution in [2.24, 2.45) is 0 Å². The monoisotopic (exact) mass is 505 g/mol. The summed E-state index contributed by atoms with van der Waals surface area (Å²) < 4.78 is 9.15. The number of aryl methyl sites for hydroxylation is 4. The van der Waals surface area contributed by atoms with Gasteiger partial charge in [-0.3, -0.25) is 0 Å². The van der Waals surface area contributed by atoms with Crippen LogP contribution in [0.4, 0.5) is 0 Å². The molecule has 1 saturated heterocycles. The second kappa shape index (κ2) is 12.7. The molecule has 0 saturated carbocycles. The Bertz CT molecular complexity index is 1170. The van der Waals surface area contributed by atoms with Crippen molar-refractivity contribution >= 4 is 11.9 Å². The van der Waals surface area contributed by atoms with Crippen molar-refractivity contribution in [2.45, 2.75) is 57.3 Å². The molecule has 0 aliphatic carbocycles. The Labute approximate surface area is 217 Å². The number of carboxylic acids is 2. The first-order valence-electron chi connectivity index (χ1n) is 12.9. The molecule has 37 heavy (non-hydrogen) atoms. The summed E-state index contributed by atoms with van der Waals surface area (Å²) in [6.45, 7) is 3.20. The number of nitrogens with zero attached hydrogens (tertiary/aromatic N) is 3. The third kappa shape index (κ3) is 7.27. The number of rotatable bonds is 6. The number of piperidine rings is 1. The maximum Gasteiger partial charge on any atom is 0.414 e. The van der Waals surface area contributed by atoms with E-state index in [1.807, 2.05) is 0 Å². The molecule has 1 aromatic heterocycles. The van der Waals surface area contributed by atoms with E-state index in [4.69, 9.17) is 29.5 Å². The number of hydrogen-bond donors (Lipinski definition) is 2. The molecule has 2 aliphatic heterocycles. The van der Waals surface area contributed by atoms with Gasteiger partial charge in [0.05, 0.1) is 11.8 Å². The van der Waals surface area contributed by atoms with E-state index in [0.29, 0.717) is 6.10 Å². The molecule has 1 atom stereocenters. The summed E-state index contributed by atoms with van der Waals surface area (Å²) in [6.07, 6.45) is 8.98. The molecule has 1 fully saturated rings. The molecule has 5 rings (SSSR count). The second-order valence-corrected chi connectivity index (χ2v) is 9.70. The number of carbonyl (C=O) groups is 2. The van der Waals surface area contributed by atoms with E-state index in [-0.39, 0.29) is 6.10 Å². The third-order valence-electron chi connectivity index (χ3n) is 6.97. The Hall–Kier alpha value is -3.49. The van der Waals surface area contributed by atoms with E-state index < -0.39 is 11.9 Å². The molecule has 196 valence electrons. The van der Waals surface area contributed by atoms with Crippen LogP contribution in [0.25, 0.3) is 0 Å². The molecule has 0 spiro atoms. The maximum absolute atomic E-state index is 9.10. The molecular formula is C29H35N3O5. The Morgan fingerprint density at radius 3 is 2.32 bits per heavy atom. The van der Waals surface area contributed by atoms with E-state index in [1.165, 1.54) is 22.4 Å². The van der Waals surface area contributed by atoms with Gasteiger partial charge in [-0.1, -0.05) is 54.6 Å². The molecule has 1 unspecified atom stereocenters. The molecule has 2 aromatic carbocycles. The molecule has 2 aliphatic rings. The molecule has 3 heterocycles. The highest BCUT2D eigenvalue weighted by Gasteiger charge is 2.30. The van der Waals surface area contributed by atoms with Crippen molar-refractivity contribution < 1.29 is 24.5 Å². The predicted octanol–water partition coefficient (Wildman–Crippen LogP) is 3.97. The lowest BCUT2D eigenvalue weighted by Gasteiger charge is -2.32. The fourth-order valence-electron chi connectivity index (χ4n) is 4.96. The Morgan fingerprint density at radius 1 is 0.946 bits per heavy atom. The minimum Gasteiger partial charge on any atom is -0.473 e. The van der Waals surface area contributed by atoms with Crippen LogP contribution in [0.3, 0.4) is 0 Å². The van der Waals surface area contributed by atoms with Crippen LogP contribution in [0.1, 0.15) is 53.6 Å². The summed E-state index contributed by atoms with van der Waals surface area (Å²) in [7, 11) is 2.20. The van der Waals surface area contributed by atoms with Crippen molar-refractivity contribution in [1.29, 1.82) is 0 Å². The average Bonchev–Trinajstić information content (AvgIpc) is 3.25. The Balaban J connectivity index is 0.000000480. The second-order valence-electron chi connectivity index (χ2n) is 9.70. The molecular weight excluding hydrogens is 470 g/mol. The van der Waals surface area contributed by atoms with Gasteiger partial charge >= 0.3 is 11.9 Å². The lowest BCUT2D eigenvalue weighted by Crippen LogP contribution is -2.35. The van der Waals surface area contributed by atoms with Crippen molar-refractivity contribution in [3.63, 3.8) is 0 Å². The zero-order chi connectivity index (χ0) is 26.2. The van der Waals surface area contributed by atoms with Crippen molar-refractivity contribution in [1.82, 2.24) is 14.5 Å². The minimum atomic E-state index is -1.82. The summed E-state index contributed by atoms with van der Waals surface area (Å²) in [5.74, 6) is -2.55. The highest BCUT2D eigenvalue weighted by Crippen LogP contribution is 2.34. The first kappa shape index (κ1) is 26.6. The van der Waals surface area contributed by atoms with Crippen LogP contribution in [-0.2, 0) is 40.1 Å². The quantitative estimate of drug-likeness (QED) is 0.489. The maximum atomic E-state index is 9.10. The fourth-order valence-corrected chi connectivity index (χ4v) is 4.96. The Kier molecular flexibility index (Phi) is 9.09. The molecule has 2 N–H and O–H groups in total. The van der Waals surface area contributed by atoms with Gasteiger partial charge in [-0.05, 0) is 62.3 Å². The van der Waals surface area contributed by atoms with Gasteiger partial charge in [0.2, 0.25) is 0 Å². The van der Waals surface area contributed by atoms with E-state index in [0.717, 1.165) is 64.0 Å². The van der Waals surface area contributed by atoms with Gasteiger partial charge in [0.25, 0.3) is 0 Å². The lowest BCUT2D eigenvalue weighted by molar-refractivity contribution is -0.159. The zero-order valence-corrected chi connectivity index (χ0v) is 21.3. The number of carboxylic acid groups (broad SMARTS) is 2. The van der Waals surface area contributed by atoms with Crippen LogP contribution in [0.5, 0.6) is 0 Å². The lowest BCUT2D eigenvalue weighted by atomic mass is 10.00. The summed E-state index contributed by atoms with van der Waals surface area (Å²) >= 11 is 0. The van der Waals surface area contributed by atoms with Crippen molar-refractivity contribution in [2.75, 3.05) is 20.1 Å². The van der Waals surface area contributed by atoms with Gasteiger partial charge in [-0.25, -0.2) is 14.6 Å². The minimum absolute atomic E-state index is 0.0602. The molecule has 0 amide bonds. The van der Waals surface area contributed by atoms with E-state index in [9.17, 15) is 0 Å². The first-order chi connectivity index (χ1) is 17.9. The number of ether oxygens (including phenoxy) is 1. The molecule has 0 radical (unpaired) electrons. The summed E-state index contributed by atoms with van der Waals surface area (Å²) in [6, 6.07) is 19.5. The highest BCUT2D eigenvalue weighted by molar-refractivity contribution is 6.27. The average molecular weight is 506 g/mol. The van der Waals surface area contributed by atoms with Gasteiger partial charge in [-0.2, -0.15) is 0 Å². The van der Waals surface area contributed by atoms with E-state index in [1.54, 1.807) is 0 Å². The van der Waals surface area contributed by atoms with Crippen molar-refractivity contribution in [3.8, 4) is 0 Å². The number of likely N-dealkylation sites (tertiary alicyclic amines) is 1. The number of benzene rings is 2. The standard InChI is InChI=1S/C27H33N3O.C2H2O4/c1-29-17-15-24(16-18-29)31-26-25-13-6-5-11-22(25)14-19-30-20-23(28-27(26)30)12-7-10-21-8-3-2-4-9-21;3-1(4)2(5)6/h2-6,8-9,11,13,20,24,26H,7,10,12,14-19H2,1H3;(H,3,4)(H,5,6). The molecule has 0 bridgehead atoms. The number of aliphatic carboxylic acids is 2. The predicted molar refractivity (Wildman–Crippen MR) is 140 cm³/mol. The van der Waals surface area contributed by atoms with Gasteiger partial charge < -0.3 is 24.4 Å². The summed E-state index contributed by atoms with van der Waals surface area (Å²) in [5.41, 5.74) is 5.31. The topological polar surface area (TPSA) is 105 Å². The Morgan fingerprint density at radius 2 is 1.62 bits per heavy atom. The van der Waals surface area contributed by atoms with Crippen LogP contribution >= 0.6 is 0 Å². The zero-order valence-electron chi connectivity index (χ0n) is 21.3. The number of imidazole rings is 1. The molecule has 3 aromatic rings.